The summed E-state index contributed by atoms with van der Waals surface area (Å²) in [6.45, 7) is 1.83. The van der Waals surface area contributed by atoms with Crippen LogP contribution >= 0.6 is 11.3 Å². The molecular weight excluding hydrogens is 218 g/mol. The van der Waals surface area contributed by atoms with Crippen LogP contribution in [0.15, 0.2) is 23.7 Å². The smallest absolute Gasteiger partial charge is 0.0809 e. The summed E-state index contributed by atoms with van der Waals surface area (Å²) in [6, 6.07) is 4.18. The second-order valence-electron chi connectivity index (χ2n) is 3.42. The monoisotopic (exact) mass is 231 g/mol. The normalized spacial score (nSPS) is 12.1. The van der Waals surface area contributed by atoms with E-state index in [9.17, 15) is 0 Å². The van der Waals surface area contributed by atoms with Gasteiger partial charge in [0.05, 0.1) is 16.3 Å². The molecule has 0 radical (unpaired) electrons. The lowest BCUT2D eigenvalue weighted by Crippen LogP contribution is -2.27. The van der Waals surface area contributed by atoms with Gasteiger partial charge in [-0.25, -0.2) is 0 Å². The van der Waals surface area contributed by atoms with E-state index in [1.807, 2.05) is 24.6 Å². The van der Waals surface area contributed by atoms with Gasteiger partial charge in [-0.1, -0.05) is 0 Å². The second kappa shape index (κ2) is 5.08. The molecule has 0 saturated heterocycles. The molecule has 0 aliphatic rings. The van der Waals surface area contributed by atoms with Gasteiger partial charge in [0.25, 0.3) is 0 Å². The number of hydrazine groups is 1. The Morgan fingerprint density at radius 3 is 3.25 bits per heavy atom. The van der Waals surface area contributed by atoms with Crippen LogP contribution in [0.25, 0.3) is 10.2 Å². The quantitative estimate of drug-likeness (QED) is 0.484. The van der Waals surface area contributed by atoms with Crippen molar-refractivity contribution >= 4 is 21.6 Å². The summed E-state index contributed by atoms with van der Waals surface area (Å²) in [7, 11) is 0. The molecule has 0 amide bonds. The Balaban J connectivity index is 2.31. The summed E-state index contributed by atoms with van der Waals surface area (Å²) in [5.41, 5.74) is 4.89. The third kappa shape index (κ3) is 2.22. The van der Waals surface area contributed by atoms with E-state index in [1.54, 1.807) is 11.3 Å². The summed E-state index contributed by atoms with van der Waals surface area (Å²) in [4.78, 5) is 4.38. The van der Waals surface area contributed by atoms with Gasteiger partial charge in [-0.3, -0.25) is 16.3 Å². The number of hydrogen-bond donors (Lipinski definition) is 2. The van der Waals surface area contributed by atoms with E-state index in [-0.39, 0.29) is 6.04 Å². The molecule has 1 unspecified atom stereocenters. The van der Waals surface area contributed by atoms with Gasteiger partial charge in [0.15, 0.2) is 0 Å². The van der Waals surface area contributed by atoms with Crippen LogP contribution in [-0.4, -0.2) is 4.98 Å². The van der Waals surface area contributed by atoms with E-state index in [0.717, 1.165) is 11.1 Å². The highest BCUT2D eigenvalue weighted by atomic mass is 32.1. The third-order valence-electron chi connectivity index (χ3n) is 2.41. The molecule has 82 valence electrons. The fourth-order valence-corrected chi connectivity index (χ4v) is 2.32. The fraction of sp³-hybridized carbons (Fsp3) is 0.250. The molecule has 0 aliphatic heterocycles. The zero-order valence-electron chi connectivity index (χ0n) is 9.03. The van der Waals surface area contributed by atoms with E-state index in [0.29, 0.717) is 6.42 Å². The number of thiophene rings is 1. The van der Waals surface area contributed by atoms with Gasteiger partial charge in [-0.15, -0.1) is 23.2 Å². The Morgan fingerprint density at radius 1 is 1.62 bits per heavy atom. The van der Waals surface area contributed by atoms with E-state index in [4.69, 9.17) is 5.84 Å². The van der Waals surface area contributed by atoms with Gasteiger partial charge in [-0.05, 0) is 30.0 Å². The maximum atomic E-state index is 5.52. The number of rotatable bonds is 3. The molecule has 0 bridgehead atoms. The Hall–Kier alpha value is -1.41. The number of nitrogens with two attached hydrogens (primary N) is 1. The fourth-order valence-electron chi connectivity index (χ4n) is 1.53. The minimum absolute atomic E-state index is 0.0476. The Labute approximate surface area is 98.7 Å². The van der Waals surface area contributed by atoms with Crippen LogP contribution in [-0.2, 0) is 0 Å². The van der Waals surface area contributed by atoms with Crippen LogP contribution in [0.5, 0.6) is 0 Å². The largest absolute Gasteiger partial charge is 0.271 e. The standard InChI is InChI=1S/C12H13N3S/c1-2-3-4-10(15-13)9-7-12-11(14-8-9)5-6-16-12/h5-8,10,15H,4,13H2,1H3. The number of nitrogens with one attached hydrogen (secondary N) is 1. The van der Waals surface area contributed by atoms with Crippen molar-refractivity contribution in [3.05, 3.63) is 29.3 Å². The van der Waals surface area contributed by atoms with Crippen molar-refractivity contribution in [2.45, 2.75) is 19.4 Å². The Kier molecular flexibility index (Phi) is 3.52. The van der Waals surface area contributed by atoms with Crippen LogP contribution in [0.1, 0.15) is 24.9 Å². The number of fused-ring (bicyclic) bond motifs is 1. The van der Waals surface area contributed by atoms with Crippen molar-refractivity contribution in [1.82, 2.24) is 10.4 Å². The van der Waals surface area contributed by atoms with Gasteiger partial charge < -0.3 is 0 Å². The van der Waals surface area contributed by atoms with Gasteiger partial charge in [0.2, 0.25) is 0 Å². The molecule has 2 rings (SSSR count). The van der Waals surface area contributed by atoms with Gasteiger partial charge in [0, 0.05) is 12.6 Å². The maximum Gasteiger partial charge on any atom is 0.0809 e. The van der Waals surface area contributed by atoms with Gasteiger partial charge in [-0.2, -0.15) is 0 Å². The van der Waals surface area contributed by atoms with E-state index in [2.05, 4.69) is 28.3 Å². The zero-order chi connectivity index (χ0) is 11.4. The van der Waals surface area contributed by atoms with Crippen LogP contribution < -0.4 is 11.3 Å². The zero-order valence-corrected chi connectivity index (χ0v) is 9.84. The molecule has 0 spiro atoms. The van der Waals surface area contributed by atoms with Crippen LogP contribution in [0.4, 0.5) is 0 Å². The van der Waals surface area contributed by atoms with Crippen molar-refractivity contribution in [1.29, 1.82) is 0 Å². The van der Waals surface area contributed by atoms with Crippen LogP contribution in [0, 0.1) is 11.8 Å². The summed E-state index contributed by atoms with van der Waals surface area (Å²) in [5.74, 6) is 11.4. The molecule has 3 N–H and O–H groups in total. The molecular formula is C12H13N3S. The lowest BCUT2D eigenvalue weighted by molar-refractivity contribution is 0.567. The molecule has 16 heavy (non-hydrogen) atoms. The number of nitrogens with zero attached hydrogens (tertiary/aromatic N) is 1. The van der Waals surface area contributed by atoms with Crippen molar-refractivity contribution < 1.29 is 0 Å². The highest BCUT2D eigenvalue weighted by Gasteiger charge is 2.09. The number of hydrogen-bond acceptors (Lipinski definition) is 4. The van der Waals surface area contributed by atoms with Crippen molar-refractivity contribution in [3.8, 4) is 11.8 Å². The average Bonchev–Trinajstić information content (AvgIpc) is 2.77. The summed E-state index contributed by atoms with van der Waals surface area (Å²) < 4.78 is 1.18. The molecule has 2 heterocycles. The summed E-state index contributed by atoms with van der Waals surface area (Å²) >= 11 is 1.69. The molecule has 0 saturated carbocycles. The van der Waals surface area contributed by atoms with Crippen molar-refractivity contribution in [3.63, 3.8) is 0 Å². The molecule has 0 aliphatic carbocycles. The van der Waals surface area contributed by atoms with Crippen molar-refractivity contribution in [2.75, 3.05) is 0 Å². The summed E-state index contributed by atoms with van der Waals surface area (Å²) in [5, 5.41) is 2.04. The first-order valence-corrected chi connectivity index (χ1v) is 5.92. The lowest BCUT2D eigenvalue weighted by atomic mass is 10.1. The second-order valence-corrected chi connectivity index (χ2v) is 4.37. The molecule has 1 atom stereocenters. The maximum absolute atomic E-state index is 5.52. The Bertz CT molecular complexity index is 536. The van der Waals surface area contributed by atoms with Gasteiger partial charge in [0.1, 0.15) is 0 Å². The molecule has 2 aromatic rings. The predicted octanol–water partition coefficient (Wildman–Crippen LogP) is 2.21. The first-order chi connectivity index (χ1) is 7.85. The minimum atomic E-state index is 0.0476. The highest BCUT2D eigenvalue weighted by Crippen LogP contribution is 2.23. The van der Waals surface area contributed by atoms with E-state index < -0.39 is 0 Å². The minimum Gasteiger partial charge on any atom is -0.271 e. The van der Waals surface area contributed by atoms with Gasteiger partial charge >= 0.3 is 0 Å². The average molecular weight is 231 g/mol. The van der Waals surface area contributed by atoms with E-state index >= 15 is 0 Å². The molecule has 4 heteroatoms. The van der Waals surface area contributed by atoms with Crippen LogP contribution in [0.3, 0.4) is 0 Å². The predicted molar refractivity (Wildman–Crippen MR) is 67.8 cm³/mol. The first-order valence-electron chi connectivity index (χ1n) is 5.04. The number of pyridine rings is 1. The number of aromatic nitrogens is 1. The highest BCUT2D eigenvalue weighted by molar-refractivity contribution is 7.17. The van der Waals surface area contributed by atoms with Crippen LogP contribution in [0.2, 0.25) is 0 Å². The summed E-state index contributed by atoms with van der Waals surface area (Å²) in [6.07, 6.45) is 2.56. The third-order valence-corrected chi connectivity index (χ3v) is 3.26. The molecule has 2 aromatic heterocycles. The first kappa shape index (κ1) is 11.1. The molecule has 0 aromatic carbocycles. The lowest BCUT2D eigenvalue weighted by Gasteiger charge is -2.12. The van der Waals surface area contributed by atoms with Crippen molar-refractivity contribution in [2.24, 2.45) is 5.84 Å². The molecule has 0 fully saturated rings. The SMILES string of the molecule is CC#CCC(NN)c1cnc2ccsc2c1. The Morgan fingerprint density at radius 2 is 2.50 bits per heavy atom. The molecule has 3 nitrogen and oxygen atoms in total. The topological polar surface area (TPSA) is 50.9 Å². The van der Waals surface area contributed by atoms with E-state index in [1.165, 1.54) is 4.70 Å².